The van der Waals surface area contributed by atoms with Gasteiger partial charge in [0.15, 0.2) is 5.76 Å². The number of halogens is 1. The van der Waals surface area contributed by atoms with E-state index in [1.165, 1.54) is 6.26 Å². The highest BCUT2D eigenvalue weighted by molar-refractivity contribution is 6.31. The summed E-state index contributed by atoms with van der Waals surface area (Å²) in [7, 11) is 0. The summed E-state index contributed by atoms with van der Waals surface area (Å²) in [4.78, 5) is 16.8. The van der Waals surface area contributed by atoms with Gasteiger partial charge in [-0.2, -0.15) is 4.98 Å². The molecule has 4 aromatic rings. The highest BCUT2D eigenvalue weighted by atomic mass is 35.5. The quantitative estimate of drug-likeness (QED) is 0.496. The van der Waals surface area contributed by atoms with Crippen molar-refractivity contribution in [3.63, 3.8) is 0 Å². The number of hydrogen-bond donors (Lipinski definition) is 2. The average Bonchev–Trinajstić information content (AvgIpc) is 3.44. The maximum atomic E-state index is 12.3. The van der Waals surface area contributed by atoms with E-state index in [1.54, 1.807) is 16.8 Å². The average molecular weight is 418 g/mol. The minimum Gasteiger partial charge on any atom is -0.459 e. The van der Waals surface area contributed by atoms with Crippen molar-refractivity contribution in [1.82, 2.24) is 14.8 Å². The van der Waals surface area contributed by atoms with Gasteiger partial charge in [0.05, 0.1) is 6.26 Å². The third-order valence-corrected chi connectivity index (χ3v) is 5.09. The summed E-state index contributed by atoms with van der Waals surface area (Å²) < 4.78 is 6.83. The Kier molecular flexibility index (Phi) is 4.57. The number of furan rings is 1. The predicted molar refractivity (Wildman–Crippen MR) is 114 cm³/mol. The van der Waals surface area contributed by atoms with Gasteiger partial charge in [0.1, 0.15) is 6.04 Å². The van der Waals surface area contributed by atoms with Crippen molar-refractivity contribution < 1.29 is 9.21 Å². The van der Waals surface area contributed by atoms with E-state index < -0.39 is 5.91 Å². The molecule has 8 heteroatoms. The topological polar surface area (TPSA) is 85.0 Å². The molecule has 0 unspecified atom stereocenters. The van der Waals surface area contributed by atoms with Crippen molar-refractivity contribution in [3.05, 3.63) is 101 Å². The molecule has 1 atom stereocenters. The van der Waals surface area contributed by atoms with E-state index in [0.29, 0.717) is 11.0 Å². The molecular formula is C22H16ClN5O2. The lowest BCUT2D eigenvalue weighted by Crippen LogP contribution is -2.20. The number of nitrogens with one attached hydrogen (secondary N) is 2. The first-order valence-electron chi connectivity index (χ1n) is 9.29. The number of nitrogens with zero attached hydrogens (tertiary/aromatic N) is 3. The van der Waals surface area contributed by atoms with E-state index in [2.05, 4.69) is 20.7 Å². The summed E-state index contributed by atoms with van der Waals surface area (Å²) in [5, 5.41) is 11.1. The Labute approximate surface area is 177 Å². The van der Waals surface area contributed by atoms with Crippen LogP contribution < -0.4 is 10.6 Å². The molecule has 3 heterocycles. The molecule has 0 saturated heterocycles. The SMILES string of the molecule is O=C(Nc1nc2n(n1)[C@H](c1ccccc1Cl)C=C(c1ccccc1)N2)c1ccco1. The van der Waals surface area contributed by atoms with E-state index in [1.807, 2.05) is 60.7 Å². The van der Waals surface area contributed by atoms with Gasteiger partial charge in [0.25, 0.3) is 11.9 Å². The van der Waals surface area contributed by atoms with E-state index in [9.17, 15) is 4.79 Å². The molecule has 0 bridgehead atoms. The summed E-state index contributed by atoms with van der Waals surface area (Å²) in [5.74, 6) is 0.421. The largest absolute Gasteiger partial charge is 0.459 e. The lowest BCUT2D eigenvalue weighted by molar-refractivity contribution is 0.0996. The van der Waals surface area contributed by atoms with Gasteiger partial charge in [-0.15, -0.1) is 5.10 Å². The van der Waals surface area contributed by atoms with Crippen LogP contribution in [0.2, 0.25) is 5.02 Å². The molecule has 148 valence electrons. The zero-order valence-corrected chi connectivity index (χ0v) is 16.4. The Morgan fingerprint density at radius 1 is 1.07 bits per heavy atom. The monoisotopic (exact) mass is 417 g/mol. The Hall–Kier alpha value is -3.84. The van der Waals surface area contributed by atoms with Gasteiger partial charge in [0, 0.05) is 10.7 Å². The number of amides is 1. The number of benzene rings is 2. The fraction of sp³-hybridized carbons (Fsp3) is 0.0455. The number of anilines is 2. The second kappa shape index (κ2) is 7.53. The molecule has 30 heavy (non-hydrogen) atoms. The highest BCUT2D eigenvalue weighted by Crippen LogP contribution is 2.35. The van der Waals surface area contributed by atoms with Crippen LogP contribution in [0.4, 0.5) is 11.9 Å². The van der Waals surface area contributed by atoms with E-state index in [4.69, 9.17) is 16.0 Å². The third kappa shape index (κ3) is 3.35. The van der Waals surface area contributed by atoms with Crippen molar-refractivity contribution in [2.75, 3.05) is 10.6 Å². The maximum absolute atomic E-state index is 12.3. The number of aromatic nitrogens is 3. The first-order valence-corrected chi connectivity index (χ1v) is 9.67. The van der Waals surface area contributed by atoms with Crippen molar-refractivity contribution >= 4 is 35.1 Å². The van der Waals surface area contributed by atoms with Crippen LogP contribution in [0.1, 0.15) is 27.7 Å². The highest BCUT2D eigenvalue weighted by Gasteiger charge is 2.27. The Morgan fingerprint density at radius 2 is 1.87 bits per heavy atom. The molecule has 0 fully saturated rings. The first-order chi connectivity index (χ1) is 14.7. The van der Waals surface area contributed by atoms with Gasteiger partial charge in [-0.05, 0) is 35.4 Å². The Bertz CT molecular complexity index is 1230. The molecule has 0 aliphatic carbocycles. The first kappa shape index (κ1) is 18.2. The number of hydrogen-bond acceptors (Lipinski definition) is 5. The van der Waals surface area contributed by atoms with Crippen LogP contribution >= 0.6 is 11.6 Å². The third-order valence-electron chi connectivity index (χ3n) is 4.74. The maximum Gasteiger partial charge on any atom is 0.293 e. The van der Waals surface area contributed by atoms with Gasteiger partial charge < -0.3 is 9.73 Å². The fourth-order valence-corrected chi connectivity index (χ4v) is 3.59. The van der Waals surface area contributed by atoms with Crippen molar-refractivity contribution in [1.29, 1.82) is 0 Å². The van der Waals surface area contributed by atoms with Gasteiger partial charge in [-0.3, -0.25) is 10.1 Å². The molecule has 5 rings (SSSR count). The van der Waals surface area contributed by atoms with E-state index in [0.717, 1.165) is 16.8 Å². The molecule has 1 amide bonds. The molecule has 1 aliphatic heterocycles. The van der Waals surface area contributed by atoms with Crippen LogP contribution in [0, 0.1) is 0 Å². The summed E-state index contributed by atoms with van der Waals surface area (Å²) in [6.45, 7) is 0. The molecule has 1 aliphatic rings. The molecule has 0 spiro atoms. The second-order valence-corrected chi connectivity index (χ2v) is 7.08. The molecule has 2 aromatic heterocycles. The van der Waals surface area contributed by atoms with Crippen LogP contribution in [0.25, 0.3) is 5.70 Å². The molecule has 0 radical (unpaired) electrons. The van der Waals surface area contributed by atoms with Crippen LogP contribution in [0.3, 0.4) is 0 Å². The zero-order valence-electron chi connectivity index (χ0n) is 15.6. The van der Waals surface area contributed by atoms with Crippen LogP contribution in [0.5, 0.6) is 0 Å². The summed E-state index contributed by atoms with van der Waals surface area (Å²) in [5.41, 5.74) is 2.76. The number of fused-ring (bicyclic) bond motifs is 1. The molecular weight excluding hydrogens is 402 g/mol. The van der Waals surface area contributed by atoms with E-state index >= 15 is 0 Å². The Morgan fingerprint density at radius 3 is 2.63 bits per heavy atom. The minimum absolute atomic E-state index is 0.165. The van der Waals surface area contributed by atoms with Crippen molar-refractivity contribution in [2.24, 2.45) is 0 Å². The van der Waals surface area contributed by atoms with E-state index in [-0.39, 0.29) is 17.8 Å². The lowest BCUT2D eigenvalue weighted by Gasteiger charge is -2.24. The van der Waals surface area contributed by atoms with Crippen molar-refractivity contribution in [3.8, 4) is 0 Å². The number of carbonyl (C=O) groups excluding carboxylic acids is 1. The zero-order chi connectivity index (χ0) is 20.5. The molecule has 2 aromatic carbocycles. The normalized spacial score (nSPS) is 15.1. The van der Waals surface area contributed by atoms with Gasteiger partial charge in [-0.1, -0.05) is 60.1 Å². The standard InChI is InChI=1S/C22H16ClN5O2/c23-16-10-5-4-9-15(16)18-13-17(14-7-2-1-3-8-14)24-22-26-21(27-28(18)22)25-20(29)19-11-6-12-30-19/h1-13,18H,(H2,24,25,26,27,29)/t18-/m0/s1. The predicted octanol–water partition coefficient (Wildman–Crippen LogP) is 4.83. The summed E-state index contributed by atoms with van der Waals surface area (Å²) in [6.07, 6.45) is 3.47. The minimum atomic E-state index is -0.423. The lowest BCUT2D eigenvalue weighted by atomic mass is 10.0. The van der Waals surface area contributed by atoms with Gasteiger partial charge >= 0.3 is 0 Å². The van der Waals surface area contributed by atoms with Crippen LogP contribution in [-0.2, 0) is 0 Å². The molecule has 0 saturated carbocycles. The van der Waals surface area contributed by atoms with Gasteiger partial charge in [-0.25, -0.2) is 4.68 Å². The molecule has 2 N–H and O–H groups in total. The van der Waals surface area contributed by atoms with Crippen molar-refractivity contribution in [2.45, 2.75) is 6.04 Å². The van der Waals surface area contributed by atoms with Gasteiger partial charge in [0.2, 0.25) is 5.95 Å². The smallest absolute Gasteiger partial charge is 0.293 e. The Balaban J connectivity index is 1.55. The number of rotatable bonds is 4. The fourth-order valence-electron chi connectivity index (χ4n) is 3.34. The number of carbonyl (C=O) groups is 1. The summed E-state index contributed by atoms with van der Waals surface area (Å²) >= 11 is 6.48. The second-order valence-electron chi connectivity index (χ2n) is 6.67. The van der Waals surface area contributed by atoms with Crippen LogP contribution in [-0.4, -0.2) is 20.7 Å². The summed E-state index contributed by atoms with van der Waals surface area (Å²) in [6, 6.07) is 20.4. The molecule has 7 nitrogen and oxygen atoms in total. The van der Waals surface area contributed by atoms with Crippen LogP contribution in [0.15, 0.2) is 83.5 Å². The number of allylic oxidation sites excluding steroid dienone is 1.